The van der Waals surface area contributed by atoms with E-state index in [1.807, 2.05) is 56.0 Å². The summed E-state index contributed by atoms with van der Waals surface area (Å²) in [6, 6.07) is 11.0. The van der Waals surface area contributed by atoms with Gasteiger partial charge < -0.3 is 19.3 Å². The molecule has 1 aromatic heterocycles. The summed E-state index contributed by atoms with van der Waals surface area (Å²) >= 11 is 0. The van der Waals surface area contributed by atoms with Crippen molar-refractivity contribution in [2.24, 2.45) is 0 Å². The number of hydrogen-bond donors (Lipinski definition) is 0. The standard InChI is InChI=1S/C21H26FN3O3/c1-21(2,3)28-20(26)25-11-9-24(10-12-25)19-18(22)13-17(14-23-19)27-15-16-7-5-4-6-8-16/h4-8,13-14H,9-12,15H2,1-3H3. The normalized spacial score (nSPS) is 14.7. The van der Waals surface area contributed by atoms with E-state index >= 15 is 0 Å². The second-order valence-electron chi connectivity index (χ2n) is 7.71. The number of ether oxygens (including phenoxy) is 2. The topological polar surface area (TPSA) is 54.9 Å². The van der Waals surface area contributed by atoms with Gasteiger partial charge in [-0.05, 0) is 26.3 Å². The Labute approximate surface area is 164 Å². The maximum absolute atomic E-state index is 14.5. The highest BCUT2D eigenvalue weighted by atomic mass is 19.1. The molecule has 0 radical (unpaired) electrons. The molecular formula is C21H26FN3O3. The molecule has 7 heteroatoms. The lowest BCUT2D eigenvalue weighted by atomic mass is 10.2. The van der Waals surface area contributed by atoms with E-state index in [2.05, 4.69) is 4.98 Å². The molecule has 1 fully saturated rings. The number of anilines is 1. The fourth-order valence-electron chi connectivity index (χ4n) is 2.89. The molecular weight excluding hydrogens is 361 g/mol. The number of piperazine rings is 1. The van der Waals surface area contributed by atoms with Gasteiger partial charge in [0.1, 0.15) is 18.0 Å². The lowest BCUT2D eigenvalue weighted by Crippen LogP contribution is -2.50. The van der Waals surface area contributed by atoms with Crippen molar-refractivity contribution in [3.05, 3.63) is 54.0 Å². The molecule has 2 aromatic rings. The summed E-state index contributed by atoms with van der Waals surface area (Å²) in [6.07, 6.45) is 1.19. The summed E-state index contributed by atoms with van der Waals surface area (Å²) in [5.74, 6) is 0.227. The molecule has 6 nitrogen and oxygen atoms in total. The van der Waals surface area contributed by atoms with E-state index in [-0.39, 0.29) is 11.9 Å². The van der Waals surface area contributed by atoms with Crippen LogP contribution in [0.1, 0.15) is 26.3 Å². The van der Waals surface area contributed by atoms with Crippen LogP contribution >= 0.6 is 0 Å². The van der Waals surface area contributed by atoms with Crippen molar-refractivity contribution in [1.82, 2.24) is 9.88 Å². The molecule has 0 saturated carbocycles. The van der Waals surface area contributed by atoms with Crippen LogP contribution in [0.25, 0.3) is 0 Å². The van der Waals surface area contributed by atoms with Crippen LogP contribution < -0.4 is 9.64 Å². The van der Waals surface area contributed by atoms with Crippen molar-refractivity contribution in [1.29, 1.82) is 0 Å². The van der Waals surface area contributed by atoms with Gasteiger partial charge in [-0.1, -0.05) is 30.3 Å². The lowest BCUT2D eigenvalue weighted by molar-refractivity contribution is 0.0240. The molecule has 1 aliphatic rings. The Balaban J connectivity index is 1.55. The number of halogens is 1. The summed E-state index contributed by atoms with van der Waals surface area (Å²) in [5.41, 5.74) is 0.475. The van der Waals surface area contributed by atoms with Gasteiger partial charge in [0.25, 0.3) is 0 Å². The van der Waals surface area contributed by atoms with Crippen LogP contribution in [-0.2, 0) is 11.3 Å². The first-order valence-electron chi connectivity index (χ1n) is 9.37. The molecule has 0 bridgehead atoms. The van der Waals surface area contributed by atoms with E-state index in [4.69, 9.17) is 9.47 Å². The van der Waals surface area contributed by atoms with Crippen LogP contribution in [0.2, 0.25) is 0 Å². The SMILES string of the molecule is CC(C)(C)OC(=O)N1CCN(c2ncc(OCc3ccccc3)cc2F)CC1. The van der Waals surface area contributed by atoms with Gasteiger partial charge in [-0.15, -0.1) is 0 Å². The second-order valence-corrected chi connectivity index (χ2v) is 7.71. The number of rotatable bonds is 4. The summed E-state index contributed by atoms with van der Waals surface area (Å²) in [7, 11) is 0. The first-order valence-corrected chi connectivity index (χ1v) is 9.37. The van der Waals surface area contributed by atoms with Gasteiger partial charge in [-0.25, -0.2) is 14.2 Å². The molecule has 1 aliphatic heterocycles. The van der Waals surface area contributed by atoms with Crippen molar-refractivity contribution in [2.45, 2.75) is 33.0 Å². The van der Waals surface area contributed by atoms with Gasteiger partial charge in [0.2, 0.25) is 0 Å². The van der Waals surface area contributed by atoms with E-state index < -0.39 is 11.4 Å². The maximum Gasteiger partial charge on any atom is 0.410 e. The minimum Gasteiger partial charge on any atom is -0.487 e. The first kappa shape index (κ1) is 19.9. The van der Waals surface area contributed by atoms with Crippen molar-refractivity contribution in [3.8, 4) is 5.75 Å². The Kier molecular flexibility index (Phi) is 6.02. The summed E-state index contributed by atoms with van der Waals surface area (Å²) in [4.78, 5) is 19.8. The highest BCUT2D eigenvalue weighted by Crippen LogP contribution is 2.23. The molecule has 3 rings (SSSR count). The van der Waals surface area contributed by atoms with Crippen LogP contribution in [0.4, 0.5) is 15.0 Å². The van der Waals surface area contributed by atoms with Gasteiger partial charge >= 0.3 is 6.09 Å². The maximum atomic E-state index is 14.5. The zero-order valence-corrected chi connectivity index (χ0v) is 16.5. The summed E-state index contributed by atoms with van der Waals surface area (Å²) in [6.45, 7) is 7.77. The largest absolute Gasteiger partial charge is 0.487 e. The molecule has 150 valence electrons. The van der Waals surface area contributed by atoms with Gasteiger partial charge in [-0.3, -0.25) is 0 Å². The predicted octanol–water partition coefficient (Wildman–Crippen LogP) is 3.86. The quantitative estimate of drug-likeness (QED) is 0.797. The molecule has 0 atom stereocenters. The lowest BCUT2D eigenvalue weighted by Gasteiger charge is -2.36. The van der Waals surface area contributed by atoms with Gasteiger partial charge in [0, 0.05) is 32.2 Å². The number of amides is 1. The molecule has 0 aliphatic carbocycles. The number of benzene rings is 1. The van der Waals surface area contributed by atoms with Gasteiger partial charge in [0.05, 0.1) is 6.20 Å². The predicted molar refractivity (Wildman–Crippen MR) is 105 cm³/mol. The molecule has 28 heavy (non-hydrogen) atoms. The highest BCUT2D eigenvalue weighted by molar-refractivity contribution is 5.68. The number of pyridine rings is 1. The third-order valence-electron chi connectivity index (χ3n) is 4.28. The van der Waals surface area contributed by atoms with Crippen LogP contribution in [0, 0.1) is 5.82 Å². The van der Waals surface area contributed by atoms with E-state index in [1.54, 1.807) is 4.90 Å². The van der Waals surface area contributed by atoms with Crippen LogP contribution in [0.5, 0.6) is 5.75 Å². The van der Waals surface area contributed by atoms with Crippen molar-refractivity contribution in [2.75, 3.05) is 31.1 Å². The minimum atomic E-state index is -0.530. The minimum absolute atomic E-state index is 0.274. The van der Waals surface area contributed by atoms with Gasteiger partial charge in [-0.2, -0.15) is 0 Å². The number of hydrogen-bond acceptors (Lipinski definition) is 5. The average molecular weight is 387 g/mol. The molecule has 1 saturated heterocycles. The summed E-state index contributed by atoms with van der Waals surface area (Å²) in [5, 5.41) is 0. The summed E-state index contributed by atoms with van der Waals surface area (Å²) < 4.78 is 25.6. The molecule has 0 N–H and O–H groups in total. The Hall–Kier alpha value is -2.83. The van der Waals surface area contributed by atoms with Gasteiger partial charge in [0.15, 0.2) is 11.6 Å². The third-order valence-corrected chi connectivity index (χ3v) is 4.28. The highest BCUT2D eigenvalue weighted by Gasteiger charge is 2.27. The van der Waals surface area contributed by atoms with Crippen LogP contribution in [-0.4, -0.2) is 47.8 Å². The Morgan fingerprint density at radius 1 is 1.14 bits per heavy atom. The number of carbonyl (C=O) groups excluding carboxylic acids is 1. The van der Waals surface area contributed by atoms with Crippen molar-refractivity contribution in [3.63, 3.8) is 0 Å². The zero-order chi connectivity index (χ0) is 20.1. The molecule has 2 heterocycles. The number of carbonyl (C=O) groups is 1. The van der Waals surface area contributed by atoms with E-state index in [1.165, 1.54) is 12.3 Å². The van der Waals surface area contributed by atoms with Crippen molar-refractivity contribution < 1.29 is 18.7 Å². The molecule has 0 spiro atoms. The molecule has 1 aromatic carbocycles. The van der Waals surface area contributed by atoms with Crippen LogP contribution in [0.3, 0.4) is 0 Å². The Morgan fingerprint density at radius 3 is 2.43 bits per heavy atom. The van der Waals surface area contributed by atoms with E-state index in [0.29, 0.717) is 38.5 Å². The number of aromatic nitrogens is 1. The number of nitrogens with zero attached hydrogens (tertiary/aromatic N) is 3. The Morgan fingerprint density at radius 2 is 1.82 bits per heavy atom. The Bertz CT molecular complexity index is 800. The smallest absolute Gasteiger partial charge is 0.410 e. The van der Waals surface area contributed by atoms with Crippen molar-refractivity contribution >= 4 is 11.9 Å². The van der Waals surface area contributed by atoms with E-state index in [0.717, 1.165) is 5.56 Å². The van der Waals surface area contributed by atoms with E-state index in [9.17, 15) is 9.18 Å². The second kappa shape index (κ2) is 8.46. The molecule has 0 unspecified atom stereocenters. The first-order chi connectivity index (χ1) is 13.3. The molecule has 1 amide bonds. The van der Waals surface area contributed by atoms with Crippen LogP contribution in [0.15, 0.2) is 42.6 Å². The monoisotopic (exact) mass is 387 g/mol. The third kappa shape index (κ3) is 5.34. The average Bonchev–Trinajstić information content (AvgIpc) is 2.66. The fourth-order valence-corrected chi connectivity index (χ4v) is 2.89. The fraction of sp³-hybridized carbons (Fsp3) is 0.429. The zero-order valence-electron chi connectivity index (χ0n) is 16.5.